The van der Waals surface area contributed by atoms with Crippen LogP contribution in [-0.2, 0) is 6.42 Å². The summed E-state index contributed by atoms with van der Waals surface area (Å²) in [6.07, 6.45) is 9.33. The zero-order valence-corrected chi connectivity index (χ0v) is 12.6. The molecule has 0 aliphatic carbocycles. The lowest BCUT2D eigenvalue weighted by Gasteiger charge is -2.09. The molecule has 23 heavy (non-hydrogen) atoms. The van der Waals surface area contributed by atoms with Crippen molar-refractivity contribution in [3.05, 3.63) is 60.1 Å². The van der Waals surface area contributed by atoms with E-state index in [-0.39, 0.29) is 0 Å². The number of aryl methyl sites for hydroxylation is 1. The van der Waals surface area contributed by atoms with E-state index >= 15 is 0 Å². The average molecular weight is 302 g/mol. The largest absolute Gasteiger partial charge is 0.383 e. The van der Waals surface area contributed by atoms with Gasteiger partial charge in [0.1, 0.15) is 12.1 Å². The lowest BCUT2D eigenvalue weighted by molar-refractivity contribution is 1.06. The molecule has 4 aromatic heterocycles. The Bertz CT molecular complexity index is 945. The van der Waals surface area contributed by atoms with Gasteiger partial charge in [0.25, 0.3) is 0 Å². The number of fused-ring (bicyclic) bond motifs is 2. The van der Waals surface area contributed by atoms with E-state index in [4.69, 9.17) is 5.73 Å². The molecule has 0 unspecified atom stereocenters. The fraction of sp³-hybridized carbons (Fsp3) is 0.118. The summed E-state index contributed by atoms with van der Waals surface area (Å²) in [6, 6.07) is 3.79. The molecule has 0 aromatic carbocycles. The highest BCUT2D eigenvalue weighted by molar-refractivity contribution is 5.90. The highest BCUT2D eigenvalue weighted by Gasteiger charge is 2.11. The number of anilines is 1. The molecule has 0 radical (unpaired) electrons. The molecule has 4 aromatic rings. The number of nitrogen functional groups attached to an aromatic ring is 1. The Morgan fingerprint density at radius 2 is 1.87 bits per heavy atom. The molecule has 0 atom stereocenters. The van der Waals surface area contributed by atoms with Gasteiger partial charge in [-0.25, -0.2) is 15.0 Å². The van der Waals surface area contributed by atoms with Crippen LogP contribution in [0, 0.1) is 6.92 Å². The van der Waals surface area contributed by atoms with Crippen LogP contribution < -0.4 is 5.73 Å². The van der Waals surface area contributed by atoms with Crippen molar-refractivity contribution in [3.63, 3.8) is 0 Å². The predicted molar refractivity (Wildman–Crippen MR) is 88.8 cm³/mol. The van der Waals surface area contributed by atoms with E-state index in [9.17, 15) is 0 Å². The fourth-order valence-electron chi connectivity index (χ4n) is 2.76. The minimum Gasteiger partial charge on any atom is -0.383 e. The maximum absolute atomic E-state index is 5.94. The molecular weight excluding hydrogens is 288 g/mol. The zero-order chi connectivity index (χ0) is 15.8. The quantitative estimate of drug-likeness (QED) is 0.611. The summed E-state index contributed by atoms with van der Waals surface area (Å²) in [6.45, 7) is 1.99. The molecule has 2 N–H and O–H groups in total. The van der Waals surface area contributed by atoms with Crippen molar-refractivity contribution >= 4 is 27.6 Å². The van der Waals surface area contributed by atoms with E-state index < -0.39 is 0 Å². The molecule has 6 heteroatoms. The first-order valence-electron chi connectivity index (χ1n) is 7.26. The van der Waals surface area contributed by atoms with Crippen LogP contribution in [0.5, 0.6) is 0 Å². The second-order valence-electron chi connectivity index (χ2n) is 5.42. The molecule has 0 bridgehead atoms. The monoisotopic (exact) mass is 302 g/mol. The number of hydrogen-bond acceptors (Lipinski definition) is 6. The number of pyridine rings is 3. The molecule has 0 aliphatic heterocycles. The molecule has 4 rings (SSSR count). The van der Waals surface area contributed by atoms with Gasteiger partial charge in [-0.3, -0.25) is 9.97 Å². The SMILES string of the molecule is Cc1cnc(Cc2cnc(N)c3cccnc23)c2cncnc12. The van der Waals surface area contributed by atoms with Crippen molar-refractivity contribution in [3.8, 4) is 0 Å². The van der Waals surface area contributed by atoms with Crippen molar-refractivity contribution in [2.24, 2.45) is 0 Å². The smallest absolute Gasteiger partial charge is 0.132 e. The van der Waals surface area contributed by atoms with Gasteiger partial charge >= 0.3 is 0 Å². The highest BCUT2D eigenvalue weighted by atomic mass is 14.8. The van der Waals surface area contributed by atoms with Gasteiger partial charge in [0.05, 0.1) is 16.7 Å². The summed E-state index contributed by atoms with van der Waals surface area (Å²) < 4.78 is 0. The van der Waals surface area contributed by atoms with Crippen LogP contribution in [-0.4, -0.2) is 24.9 Å². The van der Waals surface area contributed by atoms with Crippen LogP contribution in [0.3, 0.4) is 0 Å². The third-order valence-corrected chi connectivity index (χ3v) is 3.92. The van der Waals surface area contributed by atoms with Gasteiger partial charge in [-0.05, 0) is 24.6 Å². The number of rotatable bonds is 2. The first kappa shape index (κ1) is 13.5. The van der Waals surface area contributed by atoms with E-state index in [0.717, 1.165) is 38.6 Å². The van der Waals surface area contributed by atoms with Crippen LogP contribution in [0.1, 0.15) is 16.8 Å². The molecule has 0 amide bonds. The van der Waals surface area contributed by atoms with E-state index in [1.54, 1.807) is 24.9 Å². The molecule has 0 spiro atoms. The minimum absolute atomic E-state index is 0.488. The third-order valence-electron chi connectivity index (χ3n) is 3.92. The molecule has 4 heterocycles. The summed E-state index contributed by atoms with van der Waals surface area (Å²) >= 11 is 0. The first-order valence-corrected chi connectivity index (χ1v) is 7.26. The van der Waals surface area contributed by atoms with Gasteiger partial charge in [-0.15, -0.1) is 0 Å². The van der Waals surface area contributed by atoms with E-state index in [1.165, 1.54) is 0 Å². The number of hydrogen-bond donors (Lipinski definition) is 1. The van der Waals surface area contributed by atoms with E-state index in [1.807, 2.05) is 25.3 Å². The second-order valence-corrected chi connectivity index (χ2v) is 5.42. The van der Waals surface area contributed by atoms with Crippen molar-refractivity contribution in [1.29, 1.82) is 0 Å². The maximum atomic E-state index is 5.94. The van der Waals surface area contributed by atoms with Gasteiger partial charge in [0.15, 0.2) is 0 Å². The maximum Gasteiger partial charge on any atom is 0.132 e. The van der Waals surface area contributed by atoms with Crippen molar-refractivity contribution in [1.82, 2.24) is 24.9 Å². The summed E-state index contributed by atoms with van der Waals surface area (Å²) in [5, 5.41) is 1.81. The Kier molecular flexibility index (Phi) is 3.08. The predicted octanol–water partition coefficient (Wildman–Crippen LogP) is 2.45. The van der Waals surface area contributed by atoms with Crippen LogP contribution in [0.25, 0.3) is 21.8 Å². The van der Waals surface area contributed by atoms with Crippen molar-refractivity contribution in [2.75, 3.05) is 5.73 Å². The summed E-state index contributed by atoms with van der Waals surface area (Å²) in [5.74, 6) is 0.488. The minimum atomic E-state index is 0.488. The Morgan fingerprint density at radius 3 is 2.78 bits per heavy atom. The average Bonchev–Trinajstić information content (AvgIpc) is 2.60. The first-order chi connectivity index (χ1) is 11.2. The lowest BCUT2D eigenvalue weighted by atomic mass is 10.0. The van der Waals surface area contributed by atoms with Gasteiger partial charge in [-0.1, -0.05) is 0 Å². The van der Waals surface area contributed by atoms with Crippen LogP contribution >= 0.6 is 0 Å². The fourth-order valence-corrected chi connectivity index (χ4v) is 2.76. The highest BCUT2D eigenvalue weighted by Crippen LogP contribution is 2.24. The molecule has 6 nitrogen and oxygen atoms in total. The zero-order valence-electron chi connectivity index (χ0n) is 12.6. The second kappa shape index (κ2) is 5.24. The molecule has 112 valence electrons. The van der Waals surface area contributed by atoms with Crippen LogP contribution in [0.2, 0.25) is 0 Å². The summed E-state index contributed by atoms with van der Waals surface area (Å²) in [4.78, 5) is 21.8. The number of nitrogens with two attached hydrogens (primary N) is 1. The molecule has 0 aliphatic rings. The standard InChI is InChI=1S/C17H14N6/c1-10-6-21-14(13-8-19-9-23-15(10)13)5-11-7-22-17(18)12-3-2-4-20-16(11)12/h2-4,6-9H,5H2,1H3,(H2,18,22). The van der Waals surface area contributed by atoms with Gasteiger partial charge in [0.2, 0.25) is 0 Å². The Hall–Kier alpha value is -3.15. The molecule has 0 saturated heterocycles. The Morgan fingerprint density at radius 1 is 0.957 bits per heavy atom. The Balaban J connectivity index is 1.89. The van der Waals surface area contributed by atoms with Gasteiger partial charge in [0, 0.05) is 47.5 Å². The van der Waals surface area contributed by atoms with Crippen LogP contribution in [0.4, 0.5) is 5.82 Å². The van der Waals surface area contributed by atoms with Crippen molar-refractivity contribution < 1.29 is 0 Å². The van der Waals surface area contributed by atoms with Crippen LogP contribution in [0.15, 0.2) is 43.2 Å². The third kappa shape index (κ3) is 2.24. The van der Waals surface area contributed by atoms with Gasteiger partial charge < -0.3 is 5.73 Å². The van der Waals surface area contributed by atoms with Gasteiger partial charge in [-0.2, -0.15) is 0 Å². The topological polar surface area (TPSA) is 90.5 Å². The van der Waals surface area contributed by atoms with Crippen molar-refractivity contribution in [2.45, 2.75) is 13.3 Å². The lowest BCUT2D eigenvalue weighted by Crippen LogP contribution is -2.01. The molecule has 0 fully saturated rings. The molecule has 0 saturated carbocycles. The van der Waals surface area contributed by atoms with E-state index in [0.29, 0.717) is 12.2 Å². The Labute approximate surface area is 132 Å². The van der Waals surface area contributed by atoms with E-state index in [2.05, 4.69) is 24.9 Å². The normalized spacial score (nSPS) is 11.2. The summed E-state index contributed by atoms with van der Waals surface area (Å²) in [5.41, 5.74) is 10.6. The number of aromatic nitrogens is 5. The molecular formula is C17H14N6. The summed E-state index contributed by atoms with van der Waals surface area (Å²) in [7, 11) is 0. The number of nitrogens with zero attached hydrogens (tertiary/aromatic N) is 5.